The Morgan fingerprint density at radius 1 is 1.29 bits per heavy atom. The summed E-state index contributed by atoms with van der Waals surface area (Å²) in [5.41, 5.74) is 2.69. The van der Waals surface area contributed by atoms with Crippen molar-refractivity contribution in [1.29, 1.82) is 0 Å². The van der Waals surface area contributed by atoms with Gasteiger partial charge in [0, 0.05) is 10.9 Å². The third kappa shape index (κ3) is 3.51. The minimum Gasteiger partial charge on any atom is -0.192 e. The zero-order chi connectivity index (χ0) is 12.3. The van der Waals surface area contributed by atoms with Crippen LogP contribution in [0.4, 0.5) is 0 Å². The molecule has 1 aliphatic rings. The van der Waals surface area contributed by atoms with Crippen LogP contribution in [0.3, 0.4) is 0 Å². The number of rotatable bonds is 4. The number of thiophene rings is 1. The van der Waals surface area contributed by atoms with E-state index in [-0.39, 0.29) is 10.3 Å². The molecular weight excluding hydrogens is 258 g/mol. The predicted octanol–water partition coefficient (Wildman–Crippen LogP) is 2.60. The Bertz CT molecular complexity index is 461. The van der Waals surface area contributed by atoms with Crippen LogP contribution in [0.25, 0.3) is 0 Å². The number of nitrogens with one attached hydrogen (secondary N) is 1. The van der Waals surface area contributed by atoms with Crippen molar-refractivity contribution >= 4 is 21.5 Å². The summed E-state index contributed by atoms with van der Waals surface area (Å²) in [6.07, 6.45) is 5.48. The van der Waals surface area contributed by atoms with Gasteiger partial charge in [0.05, 0.1) is 0 Å². The van der Waals surface area contributed by atoms with Crippen LogP contribution in [0.1, 0.15) is 37.0 Å². The molecule has 0 bridgehead atoms. The lowest BCUT2D eigenvalue weighted by atomic mass is 9.96. The highest BCUT2D eigenvalue weighted by molar-refractivity contribution is 7.89. The Hall–Kier alpha value is -0.430. The molecule has 1 aliphatic carbocycles. The summed E-state index contributed by atoms with van der Waals surface area (Å²) in [6.45, 7) is 1.87. The van der Waals surface area contributed by atoms with Crippen LogP contribution in [-0.2, 0) is 14.4 Å². The van der Waals surface area contributed by atoms with E-state index in [2.05, 4.69) is 5.48 Å². The average Bonchev–Trinajstić information content (AvgIpc) is 2.76. The highest BCUT2D eigenvalue weighted by Crippen LogP contribution is 2.23. The minimum absolute atomic E-state index is 0.166. The smallest absolute Gasteiger partial charge is 0.192 e. The van der Waals surface area contributed by atoms with E-state index in [4.69, 9.17) is 4.28 Å². The quantitative estimate of drug-likeness (QED) is 0.858. The first-order valence-electron chi connectivity index (χ1n) is 5.83. The summed E-state index contributed by atoms with van der Waals surface area (Å²) in [5.74, 6) is 0. The molecule has 0 saturated heterocycles. The first-order chi connectivity index (χ1) is 8.08. The van der Waals surface area contributed by atoms with Gasteiger partial charge in [0.25, 0.3) is 0 Å². The standard InChI is InChI=1S/C11H17NO3S2/c1-9-7-8-11(16-9)17(13,14)15-12-10-5-3-2-4-6-10/h7-8,10,12H,2-6H2,1H3. The summed E-state index contributed by atoms with van der Waals surface area (Å²) >= 11 is 1.23. The molecular formula is C11H17NO3S2. The fourth-order valence-corrected chi connectivity index (χ4v) is 4.01. The molecule has 1 heterocycles. The molecule has 1 saturated carbocycles. The topological polar surface area (TPSA) is 55.4 Å². The molecule has 0 aliphatic heterocycles. The van der Waals surface area contributed by atoms with Crippen LogP contribution in [-0.4, -0.2) is 14.5 Å². The van der Waals surface area contributed by atoms with E-state index >= 15 is 0 Å². The number of aryl methyl sites for hydroxylation is 1. The fourth-order valence-electron chi connectivity index (χ4n) is 1.94. The molecule has 1 aromatic rings. The maximum absolute atomic E-state index is 11.8. The van der Waals surface area contributed by atoms with E-state index in [0.29, 0.717) is 0 Å². The maximum atomic E-state index is 11.8. The molecule has 96 valence electrons. The van der Waals surface area contributed by atoms with Crippen molar-refractivity contribution in [1.82, 2.24) is 5.48 Å². The minimum atomic E-state index is -3.63. The van der Waals surface area contributed by atoms with Gasteiger partial charge in [0.1, 0.15) is 4.21 Å². The van der Waals surface area contributed by atoms with Crippen LogP contribution in [0.5, 0.6) is 0 Å². The highest BCUT2D eigenvalue weighted by atomic mass is 32.3. The lowest BCUT2D eigenvalue weighted by Gasteiger charge is -2.21. The van der Waals surface area contributed by atoms with E-state index < -0.39 is 10.1 Å². The van der Waals surface area contributed by atoms with Gasteiger partial charge in [-0.3, -0.25) is 0 Å². The molecule has 0 amide bonds. The molecule has 0 atom stereocenters. The molecule has 0 spiro atoms. The van der Waals surface area contributed by atoms with Gasteiger partial charge in [-0.25, -0.2) is 0 Å². The van der Waals surface area contributed by atoms with Crippen LogP contribution in [0.15, 0.2) is 16.3 Å². The summed E-state index contributed by atoms with van der Waals surface area (Å²) in [7, 11) is -3.63. The second-order valence-corrected chi connectivity index (χ2v) is 7.42. The highest BCUT2D eigenvalue weighted by Gasteiger charge is 2.21. The largest absolute Gasteiger partial charge is 0.322 e. The second kappa shape index (κ2) is 5.48. The molecule has 2 rings (SSSR count). The Kier molecular flexibility index (Phi) is 4.19. The fraction of sp³-hybridized carbons (Fsp3) is 0.636. The van der Waals surface area contributed by atoms with Crippen molar-refractivity contribution in [3.05, 3.63) is 17.0 Å². The summed E-state index contributed by atoms with van der Waals surface area (Å²) in [4.78, 5) is 0.963. The van der Waals surface area contributed by atoms with Gasteiger partial charge in [-0.05, 0) is 31.9 Å². The van der Waals surface area contributed by atoms with Crippen LogP contribution >= 0.6 is 11.3 Å². The van der Waals surface area contributed by atoms with Crippen LogP contribution < -0.4 is 5.48 Å². The Balaban J connectivity index is 1.93. The molecule has 6 heteroatoms. The number of hydrogen-bond donors (Lipinski definition) is 1. The molecule has 1 aromatic heterocycles. The van der Waals surface area contributed by atoms with Crippen LogP contribution in [0, 0.1) is 6.92 Å². The van der Waals surface area contributed by atoms with Gasteiger partial charge in [-0.2, -0.15) is 18.2 Å². The molecule has 0 unspecified atom stereocenters. The number of hydrogen-bond acceptors (Lipinski definition) is 5. The zero-order valence-corrected chi connectivity index (χ0v) is 11.4. The normalized spacial score (nSPS) is 18.4. The first-order valence-corrected chi connectivity index (χ1v) is 8.06. The van der Waals surface area contributed by atoms with E-state index in [9.17, 15) is 8.42 Å². The molecule has 17 heavy (non-hydrogen) atoms. The van der Waals surface area contributed by atoms with E-state index in [1.54, 1.807) is 12.1 Å². The van der Waals surface area contributed by atoms with Crippen molar-refractivity contribution < 1.29 is 12.7 Å². The molecule has 0 aromatic carbocycles. The van der Waals surface area contributed by atoms with Gasteiger partial charge in [0.2, 0.25) is 0 Å². The van der Waals surface area contributed by atoms with Gasteiger partial charge < -0.3 is 0 Å². The SMILES string of the molecule is Cc1ccc(S(=O)(=O)ONC2CCCCC2)s1. The van der Waals surface area contributed by atoms with E-state index in [0.717, 1.165) is 30.6 Å². The molecule has 4 nitrogen and oxygen atoms in total. The van der Waals surface area contributed by atoms with Crippen LogP contribution in [0.2, 0.25) is 0 Å². The molecule has 1 N–H and O–H groups in total. The monoisotopic (exact) mass is 275 g/mol. The number of hydroxylamine groups is 1. The zero-order valence-electron chi connectivity index (χ0n) is 9.81. The van der Waals surface area contributed by atoms with Gasteiger partial charge >= 0.3 is 10.1 Å². The second-order valence-electron chi connectivity index (χ2n) is 4.36. The summed E-state index contributed by atoms with van der Waals surface area (Å²) in [5, 5.41) is 0. The average molecular weight is 275 g/mol. The first kappa shape index (κ1) is 13.0. The van der Waals surface area contributed by atoms with Crippen molar-refractivity contribution in [3.63, 3.8) is 0 Å². The Morgan fingerprint density at radius 3 is 2.59 bits per heavy atom. The summed E-state index contributed by atoms with van der Waals surface area (Å²) in [6, 6.07) is 3.53. The predicted molar refractivity (Wildman–Crippen MR) is 67.3 cm³/mol. The maximum Gasteiger partial charge on any atom is 0.322 e. The Morgan fingerprint density at radius 2 is 2.00 bits per heavy atom. The molecule has 1 fully saturated rings. The lowest BCUT2D eigenvalue weighted by molar-refractivity contribution is 0.141. The van der Waals surface area contributed by atoms with Crippen molar-refractivity contribution in [3.8, 4) is 0 Å². The summed E-state index contributed by atoms with van der Waals surface area (Å²) < 4.78 is 28.8. The van der Waals surface area contributed by atoms with Crippen molar-refractivity contribution in [2.24, 2.45) is 0 Å². The third-order valence-electron chi connectivity index (χ3n) is 2.89. The van der Waals surface area contributed by atoms with Gasteiger partial charge in [0.15, 0.2) is 0 Å². The lowest BCUT2D eigenvalue weighted by Crippen LogP contribution is -2.33. The van der Waals surface area contributed by atoms with Crippen molar-refractivity contribution in [2.75, 3.05) is 0 Å². The van der Waals surface area contributed by atoms with E-state index in [1.165, 1.54) is 17.8 Å². The van der Waals surface area contributed by atoms with Crippen molar-refractivity contribution in [2.45, 2.75) is 49.3 Å². The Labute approximate surface area is 106 Å². The van der Waals surface area contributed by atoms with Gasteiger partial charge in [-0.1, -0.05) is 19.3 Å². The molecule has 0 radical (unpaired) electrons. The third-order valence-corrected chi connectivity index (χ3v) is 5.49. The van der Waals surface area contributed by atoms with Gasteiger partial charge in [-0.15, -0.1) is 11.3 Å². The van der Waals surface area contributed by atoms with E-state index in [1.807, 2.05) is 6.92 Å².